The summed E-state index contributed by atoms with van der Waals surface area (Å²) in [5.41, 5.74) is 2.62. The first-order valence-electron chi connectivity index (χ1n) is 9.31. The molecule has 0 bridgehead atoms. The number of hydrogen-bond donors (Lipinski definition) is 0. The first kappa shape index (κ1) is 19.1. The fraction of sp³-hybridized carbons (Fsp3) is 0.476. The molecule has 4 nitrogen and oxygen atoms in total. The van der Waals surface area contributed by atoms with Crippen LogP contribution in [0.5, 0.6) is 0 Å². The number of rotatable bonds is 8. The van der Waals surface area contributed by atoms with Gasteiger partial charge in [-0.05, 0) is 59.8 Å². The fourth-order valence-electron chi connectivity index (χ4n) is 3.54. The molecule has 0 N–H and O–H groups in total. The summed E-state index contributed by atoms with van der Waals surface area (Å²) >= 11 is 1.67. The highest BCUT2D eigenvalue weighted by molar-refractivity contribution is 7.07. The van der Waals surface area contributed by atoms with Gasteiger partial charge in [0.05, 0.1) is 13.2 Å². The molecule has 1 aliphatic rings. The lowest BCUT2D eigenvalue weighted by Gasteiger charge is -2.33. The van der Waals surface area contributed by atoms with Crippen molar-refractivity contribution >= 4 is 17.2 Å². The van der Waals surface area contributed by atoms with Crippen LogP contribution < -0.4 is 0 Å². The van der Waals surface area contributed by atoms with Gasteiger partial charge in [-0.15, -0.1) is 0 Å². The third-order valence-corrected chi connectivity index (χ3v) is 5.82. The topological polar surface area (TPSA) is 32.8 Å². The average Bonchev–Trinajstić information content (AvgIpc) is 3.19. The molecule has 3 rings (SSSR count). The Labute approximate surface area is 160 Å². The maximum absolute atomic E-state index is 12.8. The second kappa shape index (κ2) is 9.86. The van der Waals surface area contributed by atoms with E-state index in [-0.39, 0.29) is 5.91 Å². The van der Waals surface area contributed by atoms with E-state index < -0.39 is 0 Å². The number of methoxy groups -OCH3 is 1. The number of likely N-dealkylation sites (tertiary alicyclic amines) is 1. The first-order valence-corrected chi connectivity index (χ1v) is 10.3. The summed E-state index contributed by atoms with van der Waals surface area (Å²) in [4.78, 5) is 17.1. The number of ether oxygens (including phenoxy) is 1. The molecule has 0 atom stereocenters. The van der Waals surface area contributed by atoms with Gasteiger partial charge in [-0.3, -0.25) is 9.69 Å². The Hall–Kier alpha value is -1.69. The maximum atomic E-state index is 12.8. The van der Waals surface area contributed by atoms with Crippen LogP contribution in [0.3, 0.4) is 0 Å². The smallest absolute Gasteiger partial charge is 0.237 e. The van der Waals surface area contributed by atoms with E-state index in [2.05, 4.69) is 52.1 Å². The Kier molecular flexibility index (Phi) is 7.23. The number of amides is 1. The monoisotopic (exact) mass is 372 g/mol. The SMILES string of the molecule is COCCN(Cc1ccsc1)C(=O)CN1CCC(c2ccccc2)CC1. The lowest BCUT2D eigenvalue weighted by Crippen LogP contribution is -2.43. The minimum atomic E-state index is 0.200. The zero-order valence-corrected chi connectivity index (χ0v) is 16.3. The lowest BCUT2D eigenvalue weighted by atomic mass is 9.89. The van der Waals surface area contributed by atoms with Crippen molar-refractivity contribution in [1.29, 1.82) is 0 Å². The molecule has 0 unspecified atom stereocenters. The second-order valence-corrected chi connectivity index (χ2v) is 7.68. The summed E-state index contributed by atoms with van der Waals surface area (Å²) in [7, 11) is 1.68. The van der Waals surface area contributed by atoms with Crippen LogP contribution >= 0.6 is 11.3 Å². The molecule has 0 spiro atoms. The zero-order chi connectivity index (χ0) is 18.2. The van der Waals surface area contributed by atoms with Crippen molar-refractivity contribution in [2.45, 2.75) is 25.3 Å². The standard InChI is InChI=1S/C21H28N2O2S/c1-25-13-12-23(15-18-9-14-26-17-18)21(24)16-22-10-7-20(8-11-22)19-5-3-2-4-6-19/h2-6,9,14,17,20H,7-8,10-13,15-16H2,1H3. The van der Waals surface area contributed by atoms with Crippen LogP contribution in [-0.2, 0) is 16.1 Å². The average molecular weight is 373 g/mol. The molecule has 1 saturated heterocycles. The summed E-state index contributed by atoms with van der Waals surface area (Å²) in [6, 6.07) is 12.8. The molecule has 1 amide bonds. The third kappa shape index (κ3) is 5.40. The van der Waals surface area contributed by atoms with Crippen molar-refractivity contribution in [1.82, 2.24) is 9.80 Å². The molecule has 140 valence electrons. The largest absolute Gasteiger partial charge is 0.383 e. The van der Waals surface area contributed by atoms with Crippen LogP contribution in [0.25, 0.3) is 0 Å². The van der Waals surface area contributed by atoms with E-state index in [0.717, 1.165) is 25.9 Å². The molecule has 1 aromatic heterocycles. The maximum Gasteiger partial charge on any atom is 0.237 e. The summed E-state index contributed by atoms with van der Waals surface area (Å²) in [6.07, 6.45) is 2.25. The van der Waals surface area contributed by atoms with E-state index >= 15 is 0 Å². The van der Waals surface area contributed by atoms with E-state index in [1.165, 1.54) is 11.1 Å². The van der Waals surface area contributed by atoms with Crippen LogP contribution in [0.15, 0.2) is 47.2 Å². The highest BCUT2D eigenvalue weighted by Gasteiger charge is 2.24. The van der Waals surface area contributed by atoms with Gasteiger partial charge >= 0.3 is 0 Å². The molecular formula is C21H28N2O2S. The van der Waals surface area contributed by atoms with Crippen LogP contribution in [-0.4, -0.2) is 55.6 Å². The number of carbonyl (C=O) groups is 1. The summed E-state index contributed by atoms with van der Waals surface area (Å²) in [5.74, 6) is 0.823. The molecule has 26 heavy (non-hydrogen) atoms. The molecule has 2 aromatic rings. The number of carbonyl (C=O) groups excluding carboxylic acids is 1. The van der Waals surface area contributed by atoms with Gasteiger partial charge in [-0.25, -0.2) is 0 Å². The Morgan fingerprint density at radius 1 is 1.23 bits per heavy atom. The molecule has 0 saturated carbocycles. The van der Waals surface area contributed by atoms with Crippen LogP contribution in [0.4, 0.5) is 0 Å². The summed E-state index contributed by atoms with van der Waals surface area (Å²) < 4.78 is 5.19. The summed E-state index contributed by atoms with van der Waals surface area (Å²) in [5, 5.41) is 4.17. The molecule has 1 aromatic carbocycles. The predicted octanol–water partition coefficient (Wildman–Crippen LogP) is 3.60. The van der Waals surface area contributed by atoms with Crippen molar-refractivity contribution in [3.63, 3.8) is 0 Å². The van der Waals surface area contributed by atoms with Gasteiger partial charge in [0.1, 0.15) is 0 Å². The van der Waals surface area contributed by atoms with E-state index in [0.29, 0.717) is 32.2 Å². The molecular weight excluding hydrogens is 344 g/mol. The number of piperidine rings is 1. The van der Waals surface area contributed by atoms with E-state index in [1.54, 1.807) is 18.4 Å². The molecule has 2 heterocycles. The van der Waals surface area contributed by atoms with Gasteiger partial charge in [0.2, 0.25) is 5.91 Å². The number of hydrogen-bond acceptors (Lipinski definition) is 4. The van der Waals surface area contributed by atoms with Gasteiger partial charge in [0.25, 0.3) is 0 Å². The molecule has 1 aliphatic heterocycles. The zero-order valence-electron chi connectivity index (χ0n) is 15.5. The van der Waals surface area contributed by atoms with Crippen molar-refractivity contribution in [3.8, 4) is 0 Å². The van der Waals surface area contributed by atoms with Crippen LogP contribution in [0, 0.1) is 0 Å². The van der Waals surface area contributed by atoms with Crippen molar-refractivity contribution < 1.29 is 9.53 Å². The molecule has 5 heteroatoms. The van der Waals surface area contributed by atoms with Gasteiger partial charge in [0, 0.05) is 20.2 Å². The predicted molar refractivity (Wildman–Crippen MR) is 106 cm³/mol. The van der Waals surface area contributed by atoms with Crippen molar-refractivity contribution in [3.05, 3.63) is 58.3 Å². The van der Waals surface area contributed by atoms with Crippen molar-refractivity contribution in [2.24, 2.45) is 0 Å². The van der Waals surface area contributed by atoms with Crippen LogP contribution in [0.2, 0.25) is 0 Å². The van der Waals surface area contributed by atoms with Gasteiger partial charge in [-0.2, -0.15) is 11.3 Å². The van der Waals surface area contributed by atoms with E-state index in [9.17, 15) is 4.79 Å². The Morgan fingerprint density at radius 3 is 2.65 bits per heavy atom. The Bertz CT molecular complexity index is 652. The Balaban J connectivity index is 1.51. The Morgan fingerprint density at radius 2 is 2.00 bits per heavy atom. The van der Waals surface area contributed by atoms with Gasteiger partial charge < -0.3 is 9.64 Å². The summed E-state index contributed by atoms with van der Waals surface area (Å²) in [6.45, 7) is 4.38. The third-order valence-electron chi connectivity index (χ3n) is 5.09. The van der Waals surface area contributed by atoms with E-state index in [1.807, 2.05) is 4.90 Å². The molecule has 0 radical (unpaired) electrons. The minimum Gasteiger partial charge on any atom is -0.383 e. The number of benzene rings is 1. The minimum absolute atomic E-state index is 0.200. The number of nitrogens with zero attached hydrogens (tertiary/aromatic N) is 2. The van der Waals surface area contributed by atoms with Gasteiger partial charge in [0.15, 0.2) is 0 Å². The fourth-order valence-corrected chi connectivity index (χ4v) is 4.20. The number of thiophene rings is 1. The quantitative estimate of drug-likeness (QED) is 0.710. The molecule has 1 fully saturated rings. The highest BCUT2D eigenvalue weighted by Crippen LogP contribution is 2.27. The van der Waals surface area contributed by atoms with E-state index in [4.69, 9.17) is 4.74 Å². The highest BCUT2D eigenvalue weighted by atomic mass is 32.1. The first-order chi connectivity index (χ1) is 12.8. The normalized spacial score (nSPS) is 15.9. The lowest BCUT2D eigenvalue weighted by molar-refractivity contribution is -0.134. The van der Waals surface area contributed by atoms with Crippen molar-refractivity contribution in [2.75, 3.05) is 39.9 Å². The van der Waals surface area contributed by atoms with Crippen LogP contribution in [0.1, 0.15) is 29.9 Å². The van der Waals surface area contributed by atoms with Gasteiger partial charge in [-0.1, -0.05) is 30.3 Å². The molecule has 0 aliphatic carbocycles. The second-order valence-electron chi connectivity index (χ2n) is 6.90.